The van der Waals surface area contributed by atoms with Crippen LogP contribution in [0.2, 0.25) is 0 Å². The lowest BCUT2D eigenvalue weighted by Gasteiger charge is -2.33. The molecule has 78 valence electrons. The van der Waals surface area contributed by atoms with E-state index in [1.54, 1.807) is 0 Å². The molecule has 0 amide bonds. The van der Waals surface area contributed by atoms with Gasteiger partial charge >= 0.3 is 0 Å². The number of hydrogen-bond acceptors (Lipinski definition) is 2. The summed E-state index contributed by atoms with van der Waals surface area (Å²) < 4.78 is 0. The molecule has 1 heterocycles. The molecule has 1 aliphatic rings. The lowest BCUT2D eigenvalue weighted by Crippen LogP contribution is -2.48. The van der Waals surface area contributed by atoms with Crippen molar-refractivity contribution in [3.63, 3.8) is 0 Å². The maximum atomic E-state index is 6.04. The van der Waals surface area contributed by atoms with Gasteiger partial charge in [0.05, 0.1) is 0 Å². The molecule has 0 spiro atoms. The second-order valence-electron chi connectivity index (χ2n) is 5.41. The number of nitrogens with two attached hydrogens (primary N) is 1. The summed E-state index contributed by atoms with van der Waals surface area (Å²) in [5.74, 6) is 0.768. The maximum Gasteiger partial charge on any atom is 0.0226 e. The van der Waals surface area contributed by atoms with Crippen molar-refractivity contribution in [3.8, 4) is 0 Å². The van der Waals surface area contributed by atoms with Gasteiger partial charge in [0.15, 0.2) is 0 Å². The molecule has 0 bridgehead atoms. The molecule has 2 nitrogen and oxygen atoms in total. The van der Waals surface area contributed by atoms with Crippen molar-refractivity contribution < 1.29 is 0 Å². The van der Waals surface area contributed by atoms with Crippen molar-refractivity contribution in [1.82, 2.24) is 4.90 Å². The Morgan fingerprint density at radius 1 is 1.46 bits per heavy atom. The average molecular weight is 184 g/mol. The summed E-state index contributed by atoms with van der Waals surface area (Å²) in [5.41, 5.74) is 5.99. The summed E-state index contributed by atoms with van der Waals surface area (Å²) in [5, 5.41) is 0. The van der Waals surface area contributed by atoms with E-state index in [1.165, 1.54) is 19.4 Å². The Balaban J connectivity index is 2.49. The van der Waals surface area contributed by atoms with Gasteiger partial charge in [-0.25, -0.2) is 0 Å². The number of likely N-dealkylation sites (tertiary alicyclic amines) is 1. The molecule has 0 aliphatic carbocycles. The first kappa shape index (κ1) is 11.0. The minimum absolute atomic E-state index is 0.0442. The minimum Gasteiger partial charge on any atom is -0.324 e. The molecule has 1 unspecified atom stereocenters. The Kier molecular flexibility index (Phi) is 3.36. The summed E-state index contributed by atoms with van der Waals surface area (Å²) in [6, 6.07) is 0.767. The summed E-state index contributed by atoms with van der Waals surface area (Å²) in [4.78, 5) is 2.56. The average Bonchev–Trinajstić information content (AvgIpc) is 2.31. The van der Waals surface area contributed by atoms with Crippen LogP contribution in [0.25, 0.3) is 0 Å². The monoisotopic (exact) mass is 184 g/mol. The Labute approximate surface area is 82.5 Å². The summed E-state index contributed by atoms with van der Waals surface area (Å²) in [6.45, 7) is 11.1. The van der Waals surface area contributed by atoms with Gasteiger partial charge in [-0.05, 0) is 39.2 Å². The number of rotatable bonds is 3. The summed E-state index contributed by atoms with van der Waals surface area (Å²) in [7, 11) is 0. The van der Waals surface area contributed by atoms with Crippen molar-refractivity contribution in [3.05, 3.63) is 0 Å². The molecule has 2 N–H and O–H groups in total. The van der Waals surface area contributed by atoms with Crippen LogP contribution >= 0.6 is 0 Å². The van der Waals surface area contributed by atoms with Gasteiger partial charge in [-0.15, -0.1) is 0 Å². The van der Waals surface area contributed by atoms with E-state index in [0.717, 1.165) is 18.5 Å². The van der Waals surface area contributed by atoms with Crippen LogP contribution in [-0.4, -0.2) is 29.6 Å². The zero-order valence-electron chi connectivity index (χ0n) is 9.51. The molecular formula is C11H24N2. The van der Waals surface area contributed by atoms with Gasteiger partial charge in [0.2, 0.25) is 0 Å². The van der Waals surface area contributed by atoms with Crippen LogP contribution in [0.4, 0.5) is 0 Å². The van der Waals surface area contributed by atoms with Crippen molar-refractivity contribution >= 4 is 0 Å². The van der Waals surface area contributed by atoms with Gasteiger partial charge in [-0.2, -0.15) is 0 Å². The van der Waals surface area contributed by atoms with Gasteiger partial charge < -0.3 is 5.73 Å². The van der Waals surface area contributed by atoms with Crippen LogP contribution in [0.1, 0.15) is 40.5 Å². The lowest BCUT2D eigenvalue weighted by atomic mass is 10.00. The van der Waals surface area contributed by atoms with Crippen LogP contribution in [0.5, 0.6) is 0 Å². The van der Waals surface area contributed by atoms with Gasteiger partial charge in [0.1, 0.15) is 0 Å². The van der Waals surface area contributed by atoms with Crippen LogP contribution in [0.3, 0.4) is 0 Å². The first-order chi connectivity index (χ1) is 5.90. The fourth-order valence-corrected chi connectivity index (χ4v) is 2.33. The topological polar surface area (TPSA) is 29.3 Å². The highest BCUT2D eigenvalue weighted by Gasteiger charge is 2.29. The van der Waals surface area contributed by atoms with Crippen LogP contribution in [0.15, 0.2) is 0 Å². The quantitative estimate of drug-likeness (QED) is 0.725. The smallest absolute Gasteiger partial charge is 0.0226 e. The van der Waals surface area contributed by atoms with Crippen molar-refractivity contribution in [2.45, 2.75) is 52.1 Å². The molecule has 0 radical (unpaired) electrons. The molecule has 0 aromatic carbocycles. The molecule has 1 saturated heterocycles. The fourth-order valence-electron chi connectivity index (χ4n) is 2.33. The standard InChI is InChI=1S/C11H24N2/c1-9(2)10-6-5-7-13(10)8-11(3,4)12/h9-10H,5-8,12H2,1-4H3. The molecule has 1 atom stereocenters. The second kappa shape index (κ2) is 3.97. The Hall–Kier alpha value is -0.0800. The third-order valence-electron chi connectivity index (χ3n) is 2.79. The van der Waals surface area contributed by atoms with Gasteiger partial charge in [0, 0.05) is 18.1 Å². The van der Waals surface area contributed by atoms with Crippen molar-refractivity contribution in [1.29, 1.82) is 0 Å². The molecule has 2 heteroatoms. The zero-order chi connectivity index (χ0) is 10.1. The van der Waals surface area contributed by atoms with Crippen molar-refractivity contribution in [2.75, 3.05) is 13.1 Å². The highest BCUT2D eigenvalue weighted by atomic mass is 15.2. The Bertz CT molecular complexity index is 158. The largest absolute Gasteiger partial charge is 0.324 e. The molecule has 1 aliphatic heterocycles. The molecule has 0 aromatic heterocycles. The predicted molar refractivity (Wildman–Crippen MR) is 57.7 cm³/mol. The first-order valence-electron chi connectivity index (χ1n) is 5.43. The third-order valence-corrected chi connectivity index (χ3v) is 2.79. The molecule has 0 saturated carbocycles. The maximum absolute atomic E-state index is 6.04. The van der Waals surface area contributed by atoms with E-state index < -0.39 is 0 Å². The molecule has 0 aromatic rings. The highest BCUT2D eigenvalue weighted by Crippen LogP contribution is 2.24. The predicted octanol–water partition coefficient (Wildman–Crippen LogP) is 1.84. The van der Waals surface area contributed by atoms with Crippen LogP contribution < -0.4 is 5.73 Å². The van der Waals surface area contributed by atoms with Crippen molar-refractivity contribution in [2.24, 2.45) is 11.7 Å². The van der Waals surface area contributed by atoms with E-state index in [4.69, 9.17) is 5.73 Å². The SMILES string of the molecule is CC(C)C1CCCN1CC(C)(C)N. The minimum atomic E-state index is -0.0442. The number of nitrogens with zero attached hydrogens (tertiary/aromatic N) is 1. The van der Waals surface area contributed by atoms with E-state index >= 15 is 0 Å². The van der Waals surface area contributed by atoms with E-state index in [1.807, 2.05) is 0 Å². The molecular weight excluding hydrogens is 160 g/mol. The summed E-state index contributed by atoms with van der Waals surface area (Å²) >= 11 is 0. The first-order valence-corrected chi connectivity index (χ1v) is 5.43. The van der Waals surface area contributed by atoms with E-state index in [0.29, 0.717) is 0 Å². The fraction of sp³-hybridized carbons (Fsp3) is 1.00. The van der Waals surface area contributed by atoms with E-state index in [2.05, 4.69) is 32.6 Å². The highest BCUT2D eigenvalue weighted by molar-refractivity contribution is 4.87. The van der Waals surface area contributed by atoms with Gasteiger partial charge in [-0.1, -0.05) is 13.8 Å². The second-order valence-corrected chi connectivity index (χ2v) is 5.41. The zero-order valence-corrected chi connectivity index (χ0v) is 9.51. The molecule has 13 heavy (non-hydrogen) atoms. The van der Waals surface area contributed by atoms with Gasteiger partial charge in [0.25, 0.3) is 0 Å². The lowest BCUT2D eigenvalue weighted by molar-refractivity contribution is 0.174. The third kappa shape index (κ3) is 3.28. The normalized spacial score (nSPS) is 25.8. The van der Waals surface area contributed by atoms with E-state index in [9.17, 15) is 0 Å². The van der Waals surface area contributed by atoms with Gasteiger partial charge in [-0.3, -0.25) is 4.90 Å². The summed E-state index contributed by atoms with van der Waals surface area (Å²) in [6.07, 6.45) is 2.70. The molecule has 1 rings (SSSR count). The number of hydrogen-bond donors (Lipinski definition) is 1. The Morgan fingerprint density at radius 3 is 2.54 bits per heavy atom. The van der Waals surface area contributed by atoms with Crippen LogP contribution in [-0.2, 0) is 0 Å². The molecule has 1 fully saturated rings. The van der Waals surface area contributed by atoms with E-state index in [-0.39, 0.29) is 5.54 Å². The Morgan fingerprint density at radius 2 is 2.08 bits per heavy atom. The van der Waals surface area contributed by atoms with Crippen LogP contribution in [0, 0.1) is 5.92 Å².